The molecule has 0 unspecified atom stereocenters. The first-order valence-corrected chi connectivity index (χ1v) is 10.5. The number of hydrogen-bond donors (Lipinski definition) is 1. The minimum Gasteiger partial charge on any atom is -0.454 e. The van der Waals surface area contributed by atoms with Crippen LogP contribution in [0.3, 0.4) is 0 Å². The van der Waals surface area contributed by atoms with Gasteiger partial charge in [-0.25, -0.2) is 14.6 Å². The number of hydrogen-bond acceptors (Lipinski definition) is 5. The molecule has 0 aliphatic carbocycles. The highest BCUT2D eigenvalue weighted by Gasteiger charge is 2.19. The molecule has 2 heterocycles. The zero-order chi connectivity index (χ0) is 21.7. The molecule has 1 N–H and O–H groups in total. The number of carbonyl (C=O) groups excluding carboxylic acids is 1. The van der Waals surface area contributed by atoms with Gasteiger partial charge < -0.3 is 9.30 Å². The lowest BCUT2D eigenvalue weighted by Crippen LogP contribution is -2.31. The number of aromatic nitrogens is 4. The van der Waals surface area contributed by atoms with Crippen LogP contribution in [0.2, 0.25) is 0 Å². The minimum atomic E-state index is -0.476. The van der Waals surface area contributed by atoms with Crippen LogP contribution in [-0.2, 0) is 30.9 Å². The maximum absolute atomic E-state index is 12.5. The molecule has 3 rings (SSSR count). The standard InChI is InChI=1S/C22H28N4O4/c1-4-7-13-26-19-18(20(27)24-22(26)29)25(12-5-2)17(23-19)14-30-21(28)16-10-8-15(6-3)9-11-16/h8-11H,4-7,12-14H2,1-3H3,(H,24,27,29). The lowest BCUT2D eigenvalue weighted by atomic mass is 10.1. The molecule has 0 saturated carbocycles. The molecule has 0 radical (unpaired) electrons. The van der Waals surface area contributed by atoms with Crippen molar-refractivity contribution >= 4 is 17.1 Å². The second-order valence-corrected chi connectivity index (χ2v) is 7.24. The third kappa shape index (κ3) is 4.37. The third-order valence-electron chi connectivity index (χ3n) is 5.08. The van der Waals surface area contributed by atoms with Crippen molar-refractivity contribution < 1.29 is 9.53 Å². The van der Waals surface area contributed by atoms with E-state index in [1.165, 1.54) is 4.57 Å². The van der Waals surface area contributed by atoms with Crippen LogP contribution in [0.25, 0.3) is 11.2 Å². The number of nitrogens with one attached hydrogen (secondary N) is 1. The van der Waals surface area contributed by atoms with Gasteiger partial charge in [-0.2, -0.15) is 0 Å². The van der Waals surface area contributed by atoms with Gasteiger partial charge in [-0.05, 0) is 37.0 Å². The number of nitrogens with zero attached hydrogens (tertiary/aromatic N) is 3. The Hall–Kier alpha value is -3.16. The summed E-state index contributed by atoms with van der Waals surface area (Å²) in [6.07, 6.45) is 3.35. The van der Waals surface area contributed by atoms with Gasteiger partial charge in [-0.1, -0.05) is 39.3 Å². The van der Waals surface area contributed by atoms with Gasteiger partial charge in [0.05, 0.1) is 5.56 Å². The van der Waals surface area contributed by atoms with E-state index < -0.39 is 17.2 Å². The molecule has 0 atom stereocenters. The summed E-state index contributed by atoms with van der Waals surface area (Å²) >= 11 is 0. The first kappa shape index (κ1) is 21.5. The molecule has 0 aliphatic heterocycles. The van der Waals surface area contributed by atoms with Gasteiger partial charge in [-0.15, -0.1) is 0 Å². The molecule has 1 aromatic carbocycles. The van der Waals surface area contributed by atoms with Crippen molar-refractivity contribution in [3.05, 3.63) is 62.1 Å². The molecule has 30 heavy (non-hydrogen) atoms. The van der Waals surface area contributed by atoms with Crippen molar-refractivity contribution in [2.75, 3.05) is 0 Å². The summed E-state index contributed by atoms with van der Waals surface area (Å²) in [4.78, 5) is 44.2. The average molecular weight is 412 g/mol. The van der Waals surface area contributed by atoms with Crippen LogP contribution >= 0.6 is 0 Å². The molecule has 0 saturated heterocycles. The van der Waals surface area contributed by atoms with E-state index in [1.54, 1.807) is 16.7 Å². The van der Waals surface area contributed by atoms with Crippen molar-refractivity contribution in [3.8, 4) is 0 Å². The lowest BCUT2D eigenvalue weighted by molar-refractivity contribution is 0.0458. The number of esters is 1. The topological polar surface area (TPSA) is 99.0 Å². The van der Waals surface area contributed by atoms with Gasteiger partial charge in [0.25, 0.3) is 5.56 Å². The SMILES string of the molecule is CCCCn1c(=O)[nH]c(=O)c2c1nc(COC(=O)c1ccc(CC)cc1)n2CCC. The molecule has 0 amide bonds. The van der Waals surface area contributed by atoms with Crippen LogP contribution in [0, 0.1) is 0 Å². The zero-order valence-electron chi connectivity index (χ0n) is 17.7. The number of imidazole rings is 1. The van der Waals surface area contributed by atoms with Gasteiger partial charge in [0.1, 0.15) is 12.4 Å². The largest absolute Gasteiger partial charge is 0.454 e. The number of rotatable bonds is 9. The second-order valence-electron chi connectivity index (χ2n) is 7.24. The first-order chi connectivity index (χ1) is 14.5. The Balaban J connectivity index is 1.95. The van der Waals surface area contributed by atoms with Gasteiger partial charge in [-0.3, -0.25) is 14.3 Å². The predicted octanol–water partition coefficient (Wildman–Crippen LogP) is 3.02. The number of benzene rings is 1. The van der Waals surface area contributed by atoms with Crippen molar-refractivity contribution in [1.29, 1.82) is 0 Å². The molecular weight excluding hydrogens is 384 g/mol. The maximum atomic E-state index is 12.5. The summed E-state index contributed by atoms with van der Waals surface area (Å²) in [6, 6.07) is 7.27. The van der Waals surface area contributed by atoms with Crippen LogP contribution < -0.4 is 11.2 Å². The number of ether oxygens (including phenoxy) is 1. The Kier molecular flexibility index (Phi) is 6.87. The summed E-state index contributed by atoms with van der Waals surface area (Å²) in [7, 11) is 0. The van der Waals surface area contributed by atoms with E-state index in [9.17, 15) is 14.4 Å². The number of H-pyrrole nitrogens is 1. The van der Waals surface area contributed by atoms with Gasteiger partial charge in [0.15, 0.2) is 11.2 Å². The molecule has 0 spiro atoms. The van der Waals surface area contributed by atoms with Crippen molar-refractivity contribution in [2.45, 2.75) is 66.2 Å². The van der Waals surface area contributed by atoms with Crippen LogP contribution in [0.5, 0.6) is 0 Å². The summed E-state index contributed by atoms with van der Waals surface area (Å²) in [5.41, 5.74) is 1.33. The highest BCUT2D eigenvalue weighted by atomic mass is 16.5. The van der Waals surface area contributed by atoms with Crippen LogP contribution in [-0.4, -0.2) is 25.1 Å². The van der Waals surface area contributed by atoms with Gasteiger partial charge in [0, 0.05) is 13.1 Å². The van der Waals surface area contributed by atoms with E-state index in [0.29, 0.717) is 35.6 Å². The first-order valence-electron chi connectivity index (χ1n) is 10.5. The van der Waals surface area contributed by atoms with Crippen LogP contribution in [0.4, 0.5) is 0 Å². The van der Waals surface area contributed by atoms with E-state index in [4.69, 9.17) is 4.74 Å². The summed E-state index contributed by atoms with van der Waals surface area (Å²) in [5, 5.41) is 0. The Morgan fingerprint density at radius 2 is 1.77 bits per heavy atom. The predicted molar refractivity (Wildman–Crippen MR) is 115 cm³/mol. The maximum Gasteiger partial charge on any atom is 0.338 e. The van der Waals surface area contributed by atoms with Crippen molar-refractivity contribution in [3.63, 3.8) is 0 Å². The smallest absolute Gasteiger partial charge is 0.338 e. The molecular formula is C22H28N4O4. The Morgan fingerprint density at radius 1 is 1.03 bits per heavy atom. The number of aromatic amines is 1. The summed E-state index contributed by atoms with van der Waals surface area (Å²) < 4.78 is 8.70. The monoisotopic (exact) mass is 412 g/mol. The fourth-order valence-corrected chi connectivity index (χ4v) is 3.41. The van der Waals surface area contributed by atoms with Crippen molar-refractivity contribution in [2.24, 2.45) is 0 Å². The second kappa shape index (κ2) is 9.56. The Labute approximate surface area is 174 Å². The number of fused-ring (bicyclic) bond motifs is 1. The van der Waals surface area contributed by atoms with E-state index in [0.717, 1.165) is 31.2 Å². The molecule has 8 nitrogen and oxygen atoms in total. The summed E-state index contributed by atoms with van der Waals surface area (Å²) in [5.74, 6) is -0.00299. The number of carbonyl (C=O) groups is 1. The third-order valence-corrected chi connectivity index (χ3v) is 5.08. The molecule has 0 aliphatic rings. The normalized spacial score (nSPS) is 11.2. The molecule has 0 bridgehead atoms. The molecule has 160 valence electrons. The highest BCUT2D eigenvalue weighted by Crippen LogP contribution is 2.15. The summed E-state index contributed by atoms with van der Waals surface area (Å²) in [6.45, 7) is 6.98. The van der Waals surface area contributed by atoms with E-state index in [-0.39, 0.29) is 6.61 Å². The van der Waals surface area contributed by atoms with E-state index >= 15 is 0 Å². The fraction of sp³-hybridized carbons (Fsp3) is 0.455. The zero-order valence-corrected chi connectivity index (χ0v) is 17.7. The Morgan fingerprint density at radius 3 is 2.40 bits per heavy atom. The quantitative estimate of drug-likeness (QED) is 0.545. The fourth-order valence-electron chi connectivity index (χ4n) is 3.41. The molecule has 0 fully saturated rings. The van der Waals surface area contributed by atoms with E-state index in [1.807, 2.05) is 32.9 Å². The molecule has 3 aromatic rings. The average Bonchev–Trinajstić information content (AvgIpc) is 3.11. The number of aryl methyl sites for hydroxylation is 3. The Bertz CT molecular complexity index is 1140. The van der Waals surface area contributed by atoms with Crippen molar-refractivity contribution in [1.82, 2.24) is 19.1 Å². The van der Waals surface area contributed by atoms with Crippen LogP contribution in [0.15, 0.2) is 33.9 Å². The van der Waals surface area contributed by atoms with Gasteiger partial charge in [0.2, 0.25) is 0 Å². The van der Waals surface area contributed by atoms with Gasteiger partial charge >= 0.3 is 11.7 Å². The van der Waals surface area contributed by atoms with Crippen LogP contribution in [0.1, 0.15) is 61.8 Å². The molecule has 2 aromatic heterocycles. The minimum absolute atomic E-state index is 0.0789. The molecule has 8 heteroatoms. The number of unbranched alkanes of at least 4 members (excludes halogenated alkanes) is 1. The highest BCUT2D eigenvalue weighted by molar-refractivity contribution is 5.89. The van der Waals surface area contributed by atoms with E-state index in [2.05, 4.69) is 9.97 Å². The lowest BCUT2D eigenvalue weighted by Gasteiger charge is -2.09.